The number of benzene rings is 1. The molecule has 1 aliphatic heterocycles. The van der Waals surface area contributed by atoms with E-state index in [4.69, 9.17) is 0 Å². The monoisotopic (exact) mass is 290 g/mol. The Kier molecular flexibility index (Phi) is 5.15. The normalized spacial score (nSPS) is 19.5. The van der Waals surface area contributed by atoms with Gasteiger partial charge in [-0.1, -0.05) is 32.8 Å². The summed E-state index contributed by atoms with van der Waals surface area (Å²) in [5.74, 6) is 0.400. The Morgan fingerprint density at radius 3 is 2.33 bits per heavy atom. The van der Waals surface area contributed by atoms with Crippen LogP contribution in [0.15, 0.2) is 18.2 Å². The molecule has 2 rings (SSSR count). The van der Waals surface area contributed by atoms with Gasteiger partial charge in [-0.3, -0.25) is 0 Å². The molecule has 1 unspecified atom stereocenters. The van der Waals surface area contributed by atoms with Crippen LogP contribution in [-0.4, -0.2) is 25.2 Å². The number of piperidine rings is 1. The van der Waals surface area contributed by atoms with Crippen molar-refractivity contribution in [3.63, 3.8) is 0 Å². The molecule has 0 aliphatic carbocycles. The smallest absolute Gasteiger partial charge is 0.122 e. The van der Waals surface area contributed by atoms with Crippen molar-refractivity contribution in [2.24, 2.45) is 5.41 Å². The Morgan fingerprint density at radius 1 is 1.24 bits per heavy atom. The summed E-state index contributed by atoms with van der Waals surface area (Å²) in [7, 11) is 1.91. The largest absolute Gasteiger partial charge is 0.508 e. The highest BCUT2D eigenvalue weighted by molar-refractivity contribution is 5.54. The zero-order chi connectivity index (χ0) is 15.5. The van der Waals surface area contributed by atoms with E-state index in [9.17, 15) is 5.11 Å². The van der Waals surface area contributed by atoms with Crippen molar-refractivity contribution in [1.29, 1.82) is 0 Å². The van der Waals surface area contributed by atoms with E-state index >= 15 is 0 Å². The molecule has 1 aromatic rings. The number of anilines is 1. The molecule has 3 nitrogen and oxygen atoms in total. The van der Waals surface area contributed by atoms with Crippen molar-refractivity contribution < 1.29 is 5.11 Å². The summed E-state index contributed by atoms with van der Waals surface area (Å²) in [6.45, 7) is 8.90. The number of phenolic OH excluding ortho intramolecular Hbond substituents is 1. The Balaban J connectivity index is 2.09. The zero-order valence-electron chi connectivity index (χ0n) is 13.9. The lowest BCUT2D eigenvalue weighted by molar-refractivity contribution is 0.199. The summed E-state index contributed by atoms with van der Waals surface area (Å²) in [4.78, 5) is 2.41. The molecule has 1 aromatic carbocycles. The molecule has 1 heterocycles. The minimum Gasteiger partial charge on any atom is -0.508 e. The van der Waals surface area contributed by atoms with Crippen LogP contribution in [0.4, 0.5) is 5.69 Å². The Labute approximate surface area is 129 Å². The molecule has 0 amide bonds. The molecule has 1 aliphatic rings. The number of hydrogen-bond acceptors (Lipinski definition) is 3. The molecular weight excluding hydrogens is 260 g/mol. The van der Waals surface area contributed by atoms with Gasteiger partial charge in [-0.25, -0.2) is 0 Å². The first-order valence-corrected chi connectivity index (χ1v) is 8.30. The Morgan fingerprint density at radius 2 is 1.86 bits per heavy atom. The van der Waals surface area contributed by atoms with Crippen molar-refractivity contribution in [3.8, 4) is 5.75 Å². The number of rotatable bonds is 5. The summed E-state index contributed by atoms with van der Waals surface area (Å²) in [5.41, 5.74) is 2.66. The quantitative estimate of drug-likeness (QED) is 0.857. The molecule has 0 aromatic heterocycles. The van der Waals surface area contributed by atoms with Crippen LogP contribution in [-0.2, 0) is 0 Å². The van der Waals surface area contributed by atoms with Gasteiger partial charge in [0.25, 0.3) is 0 Å². The highest BCUT2D eigenvalue weighted by Gasteiger charge is 2.31. The number of nitrogens with one attached hydrogen (secondary N) is 1. The summed E-state index contributed by atoms with van der Waals surface area (Å²) in [6, 6.07) is 6.29. The van der Waals surface area contributed by atoms with Gasteiger partial charge in [-0.15, -0.1) is 0 Å². The second-order valence-electron chi connectivity index (χ2n) is 6.45. The molecule has 21 heavy (non-hydrogen) atoms. The van der Waals surface area contributed by atoms with Crippen LogP contribution in [0.3, 0.4) is 0 Å². The summed E-state index contributed by atoms with van der Waals surface area (Å²) in [5, 5.41) is 13.4. The lowest BCUT2D eigenvalue weighted by atomic mass is 9.74. The second kappa shape index (κ2) is 6.69. The van der Waals surface area contributed by atoms with Crippen molar-refractivity contribution in [2.45, 2.75) is 52.5 Å². The van der Waals surface area contributed by atoms with E-state index in [0.717, 1.165) is 24.3 Å². The van der Waals surface area contributed by atoms with E-state index in [1.54, 1.807) is 0 Å². The molecule has 1 saturated heterocycles. The maximum Gasteiger partial charge on any atom is 0.122 e. The topological polar surface area (TPSA) is 35.5 Å². The first-order valence-electron chi connectivity index (χ1n) is 8.30. The van der Waals surface area contributed by atoms with Gasteiger partial charge in [0.2, 0.25) is 0 Å². The summed E-state index contributed by atoms with van der Waals surface area (Å²) in [6.07, 6.45) is 5.08. The fourth-order valence-electron chi connectivity index (χ4n) is 3.45. The van der Waals surface area contributed by atoms with Gasteiger partial charge >= 0.3 is 0 Å². The predicted octanol–water partition coefficient (Wildman–Crippen LogP) is 4.08. The Bertz CT molecular complexity index is 458. The SMILES string of the molecule is CCC1(CC)CCN(c2ccc(C(C)NC)c(O)c2)CC1. The maximum absolute atomic E-state index is 10.3. The first kappa shape index (κ1) is 16.2. The van der Waals surface area contributed by atoms with Crippen LogP contribution < -0.4 is 10.2 Å². The number of aromatic hydroxyl groups is 1. The molecule has 1 fully saturated rings. The van der Waals surface area contributed by atoms with E-state index in [1.165, 1.54) is 25.7 Å². The molecule has 1 atom stereocenters. The molecule has 2 N–H and O–H groups in total. The molecule has 118 valence electrons. The van der Waals surface area contributed by atoms with Crippen LogP contribution in [0.1, 0.15) is 58.1 Å². The molecule has 0 saturated carbocycles. The average Bonchev–Trinajstić information content (AvgIpc) is 2.54. The van der Waals surface area contributed by atoms with Crippen molar-refractivity contribution in [3.05, 3.63) is 23.8 Å². The fourth-order valence-corrected chi connectivity index (χ4v) is 3.45. The number of nitrogens with zero attached hydrogens (tertiary/aromatic N) is 1. The van der Waals surface area contributed by atoms with Crippen LogP contribution in [0, 0.1) is 5.41 Å². The summed E-state index contributed by atoms with van der Waals surface area (Å²) < 4.78 is 0. The predicted molar refractivity (Wildman–Crippen MR) is 90.0 cm³/mol. The minimum absolute atomic E-state index is 0.174. The maximum atomic E-state index is 10.3. The van der Waals surface area contributed by atoms with Gasteiger partial charge in [0.05, 0.1) is 0 Å². The molecule has 3 heteroatoms. The zero-order valence-corrected chi connectivity index (χ0v) is 13.9. The standard InChI is InChI=1S/C18H30N2O/c1-5-18(6-2)9-11-20(12-10-18)15-7-8-16(14(3)19-4)17(21)13-15/h7-8,13-14,19,21H,5-6,9-12H2,1-4H3. The minimum atomic E-state index is 0.174. The summed E-state index contributed by atoms with van der Waals surface area (Å²) >= 11 is 0. The molecular formula is C18H30N2O. The Hall–Kier alpha value is -1.22. The average molecular weight is 290 g/mol. The van der Waals surface area contributed by atoms with Crippen molar-refractivity contribution >= 4 is 5.69 Å². The van der Waals surface area contributed by atoms with E-state index in [1.807, 2.05) is 19.2 Å². The van der Waals surface area contributed by atoms with Crippen LogP contribution in [0.2, 0.25) is 0 Å². The lowest BCUT2D eigenvalue weighted by Crippen LogP contribution is -2.39. The van der Waals surface area contributed by atoms with Crippen molar-refractivity contribution in [2.75, 3.05) is 25.0 Å². The van der Waals surface area contributed by atoms with Gasteiger partial charge in [0.15, 0.2) is 0 Å². The van der Waals surface area contributed by atoms with E-state index in [0.29, 0.717) is 11.2 Å². The third kappa shape index (κ3) is 3.34. The number of phenols is 1. The third-order valence-corrected chi connectivity index (χ3v) is 5.60. The fraction of sp³-hybridized carbons (Fsp3) is 0.667. The van der Waals surface area contributed by atoms with Gasteiger partial charge in [-0.05, 0) is 38.3 Å². The molecule has 0 spiro atoms. The van der Waals surface area contributed by atoms with E-state index in [-0.39, 0.29) is 6.04 Å². The lowest BCUT2D eigenvalue weighted by Gasteiger charge is -2.42. The van der Waals surface area contributed by atoms with Crippen LogP contribution in [0.5, 0.6) is 5.75 Å². The van der Waals surface area contributed by atoms with Gasteiger partial charge in [0, 0.05) is 36.4 Å². The van der Waals surface area contributed by atoms with E-state index in [2.05, 4.69) is 37.1 Å². The highest BCUT2D eigenvalue weighted by Crippen LogP contribution is 2.40. The second-order valence-corrected chi connectivity index (χ2v) is 6.45. The highest BCUT2D eigenvalue weighted by atomic mass is 16.3. The van der Waals surface area contributed by atoms with E-state index < -0.39 is 0 Å². The van der Waals surface area contributed by atoms with Gasteiger partial charge in [0.1, 0.15) is 5.75 Å². The molecule has 0 bridgehead atoms. The third-order valence-electron chi connectivity index (χ3n) is 5.60. The molecule has 0 radical (unpaired) electrons. The van der Waals surface area contributed by atoms with Crippen molar-refractivity contribution in [1.82, 2.24) is 5.32 Å². The van der Waals surface area contributed by atoms with Crippen LogP contribution in [0.25, 0.3) is 0 Å². The number of hydrogen-bond donors (Lipinski definition) is 2. The van der Waals surface area contributed by atoms with Gasteiger partial charge < -0.3 is 15.3 Å². The van der Waals surface area contributed by atoms with Gasteiger partial charge in [-0.2, -0.15) is 0 Å². The first-order chi connectivity index (χ1) is 10.0. The van der Waals surface area contributed by atoms with Crippen LogP contribution >= 0.6 is 0 Å².